The zero-order chi connectivity index (χ0) is 23.4. The monoisotopic (exact) mass is 444 g/mol. The molecule has 3 aromatic rings. The van der Waals surface area contributed by atoms with Gasteiger partial charge in [-0.1, -0.05) is 42.0 Å². The van der Waals surface area contributed by atoms with Crippen LogP contribution in [-0.4, -0.2) is 22.8 Å². The van der Waals surface area contributed by atoms with Crippen molar-refractivity contribution in [2.45, 2.75) is 32.4 Å². The lowest BCUT2D eigenvalue weighted by Gasteiger charge is -2.12. The highest BCUT2D eigenvalue weighted by molar-refractivity contribution is 6.09. The van der Waals surface area contributed by atoms with E-state index in [1.807, 2.05) is 31.2 Å². The van der Waals surface area contributed by atoms with E-state index in [0.29, 0.717) is 23.5 Å². The number of nitro benzene ring substituents is 1. The second-order valence-electron chi connectivity index (χ2n) is 8.08. The van der Waals surface area contributed by atoms with Crippen molar-refractivity contribution in [1.29, 1.82) is 0 Å². The average Bonchev–Trinajstić information content (AvgIpc) is 3.63. The van der Waals surface area contributed by atoms with Crippen LogP contribution >= 0.6 is 0 Å². The molecule has 3 aromatic carbocycles. The van der Waals surface area contributed by atoms with Crippen molar-refractivity contribution >= 4 is 28.9 Å². The normalized spacial score (nSPS) is 12.6. The highest BCUT2D eigenvalue weighted by atomic mass is 16.6. The molecule has 0 bridgehead atoms. The molecule has 8 heteroatoms. The van der Waals surface area contributed by atoms with Crippen molar-refractivity contribution < 1.29 is 14.5 Å². The number of hydrogen-bond donors (Lipinski definition) is 3. The molecule has 0 spiro atoms. The average molecular weight is 444 g/mol. The van der Waals surface area contributed by atoms with Gasteiger partial charge < -0.3 is 16.0 Å². The van der Waals surface area contributed by atoms with E-state index in [2.05, 4.69) is 16.0 Å². The minimum Gasteiger partial charge on any atom is -0.377 e. The van der Waals surface area contributed by atoms with Crippen molar-refractivity contribution in [3.63, 3.8) is 0 Å². The molecule has 4 rings (SSSR count). The summed E-state index contributed by atoms with van der Waals surface area (Å²) < 4.78 is 0. The van der Waals surface area contributed by atoms with Crippen LogP contribution in [-0.2, 0) is 6.54 Å². The van der Waals surface area contributed by atoms with Gasteiger partial charge in [0.15, 0.2) is 0 Å². The molecule has 168 valence electrons. The topological polar surface area (TPSA) is 113 Å². The summed E-state index contributed by atoms with van der Waals surface area (Å²) in [6, 6.07) is 19.1. The Morgan fingerprint density at radius 1 is 0.970 bits per heavy atom. The number of nitrogens with one attached hydrogen (secondary N) is 3. The van der Waals surface area contributed by atoms with Gasteiger partial charge in [0.2, 0.25) is 0 Å². The maximum atomic E-state index is 12.8. The van der Waals surface area contributed by atoms with E-state index in [4.69, 9.17) is 0 Å². The van der Waals surface area contributed by atoms with E-state index < -0.39 is 10.8 Å². The molecule has 0 atom stereocenters. The second kappa shape index (κ2) is 9.52. The fourth-order valence-corrected chi connectivity index (χ4v) is 3.36. The predicted molar refractivity (Wildman–Crippen MR) is 126 cm³/mol. The first kappa shape index (κ1) is 22.0. The van der Waals surface area contributed by atoms with Crippen LogP contribution in [0.3, 0.4) is 0 Å². The Balaban J connectivity index is 1.48. The standard InChI is InChI=1S/C25H24N4O4/c1-16-6-8-17(9-7-16)15-26-25(31)20-4-2-3-5-21(20)28-24(30)18-10-13-22(27-19-11-12-19)23(14-18)29(32)33/h2-10,13-14,19,27H,11-12,15H2,1H3,(H,26,31)(H,28,30). The molecule has 1 aliphatic rings. The first-order chi connectivity index (χ1) is 15.9. The molecule has 0 heterocycles. The summed E-state index contributed by atoms with van der Waals surface area (Å²) in [6.07, 6.45) is 1.95. The highest BCUT2D eigenvalue weighted by Gasteiger charge is 2.26. The molecule has 1 fully saturated rings. The lowest BCUT2D eigenvalue weighted by molar-refractivity contribution is -0.384. The molecule has 3 N–H and O–H groups in total. The number of amides is 2. The Kier molecular flexibility index (Phi) is 6.35. The smallest absolute Gasteiger partial charge is 0.293 e. The highest BCUT2D eigenvalue weighted by Crippen LogP contribution is 2.31. The molecular weight excluding hydrogens is 420 g/mol. The molecule has 0 radical (unpaired) electrons. The van der Waals surface area contributed by atoms with Crippen molar-refractivity contribution in [3.05, 3.63) is 99.1 Å². The Bertz CT molecular complexity index is 1200. The number of carbonyl (C=O) groups excluding carboxylic acids is 2. The van der Waals surface area contributed by atoms with Gasteiger partial charge in [-0.3, -0.25) is 19.7 Å². The van der Waals surface area contributed by atoms with E-state index in [1.165, 1.54) is 12.1 Å². The van der Waals surface area contributed by atoms with E-state index in [9.17, 15) is 19.7 Å². The zero-order valence-corrected chi connectivity index (χ0v) is 18.1. The van der Waals surface area contributed by atoms with Crippen LogP contribution in [0.2, 0.25) is 0 Å². The Hall–Kier alpha value is -4.20. The number of para-hydroxylation sites is 1. The third-order valence-electron chi connectivity index (χ3n) is 5.39. The maximum Gasteiger partial charge on any atom is 0.293 e. The molecule has 0 saturated heterocycles. The lowest BCUT2D eigenvalue weighted by Crippen LogP contribution is -2.25. The molecule has 1 aliphatic carbocycles. The number of nitro groups is 1. The summed E-state index contributed by atoms with van der Waals surface area (Å²) >= 11 is 0. The van der Waals surface area contributed by atoms with Crippen LogP contribution in [0.15, 0.2) is 66.7 Å². The number of anilines is 2. The van der Waals surface area contributed by atoms with Crippen LogP contribution in [0, 0.1) is 17.0 Å². The number of hydrogen-bond acceptors (Lipinski definition) is 5. The van der Waals surface area contributed by atoms with E-state index >= 15 is 0 Å². The van der Waals surface area contributed by atoms with Gasteiger partial charge in [0.1, 0.15) is 5.69 Å². The molecule has 1 saturated carbocycles. The predicted octanol–water partition coefficient (Wildman–Crippen LogP) is 4.66. The molecule has 0 aliphatic heterocycles. The van der Waals surface area contributed by atoms with Crippen LogP contribution in [0.4, 0.5) is 17.1 Å². The first-order valence-corrected chi connectivity index (χ1v) is 10.7. The van der Waals surface area contributed by atoms with E-state index in [0.717, 1.165) is 24.0 Å². The van der Waals surface area contributed by atoms with Crippen molar-refractivity contribution in [3.8, 4) is 0 Å². The molecule has 8 nitrogen and oxygen atoms in total. The maximum absolute atomic E-state index is 12.8. The Morgan fingerprint density at radius 3 is 2.39 bits per heavy atom. The van der Waals surface area contributed by atoms with Crippen LogP contribution in [0.1, 0.15) is 44.7 Å². The van der Waals surface area contributed by atoms with Gasteiger partial charge in [0.25, 0.3) is 17.5 Å². The van der Waals surface area contributed by atoms with E-state index in [1.54, 1.807) is 30.3 Å². The summed E-state index contributed by atoms with van der Waals surface area (Å²) in [5, 5.41) is 20.2. The van der Waals surface area contributed by atoms with Crippen LogP contribution in [0.25, 0.3) is 0 Å². The second-order valence-corrected chi connectivity index (χ2v) is 8.08. The van der Waals surface area contributed by atoms with Crippen LogP contribution < -0.4 is 16.0 Å². The Morgan fingerprint density at radius 2 is 1.70 bits per heavy atom. The summed E-state index contributed by atoms with van der Waals surface area (Å²) in [7, 11) is 0. The van der Waals surface area contributed by atoms with Crippen molar-refractivity contribution in [2.24, 2.45) is 0 Å². The van der Waals surface area contributed by atoms with Gasteiger partial charge >= 0.3 is 0 Å². The summed E-state index contributed by atoms with van der Waals surface area (Å²) in [5.41, 5.74) is 3.11. The van der Waals surface area contributed by atoms with Crippen LogP contribution in [0.5, 0.6) is 0 Å². The number of carbonyl (C=O) groups is 2. The number of benzene rings is 3. The minimum absolute atomic E-state index is 0.137. The quantitative estimate of drug-likeness (QED) is 0.345. The molecule has 0 aromatic heterocycles. The van der Waals surface area contributed by atoms with Gasteiger partial charge in [-0.05, 0) is 49.6 Å². The molecule has 0 unspecified atom stereocenters. The molecule has 33 heavy (non-hydrogen) atoms. The van der Waals surface area contributed by atoms with Gasteiger partial charge in [-0.25, -0.2) is 0 Å². The summed E-state index contributed by atoms with van der Waals surface area (Å²) in [6.45, 7) is 2.34. The number of rotatable bonds is 8. The SMILES string of the molecule is Cc1ccc(CNC(=O)c2ccccc2NC(=O)c2ccc(NC3CC3)c([N+](=O)[O-])c2)cc1. The fourth-order valence-electron chi connectivity index (χ4n) is 3.36. The summed E-state index contributed by atoms with van der Waals surface area (Å²) in [4.78, 5) is 36.6. The number of nitrogens with zero attached hydrogens (tertiary/aromatic N) is 1. The van der Waals surface area contributed by atoms with Crippen molar-refractivity contribution in [1.82, 2.24) is 5.32 Å². The minimum atomic E-state index is -0.533. The third kappa shape index (κ3) is 5.54. The summed E-state index contributed by atoms with van der Waals surface area (Å²) in [5.74, 6) is -0.865. The lowest BCUT2D eigenvalue weighted by atomic mass is 10.1. The number of aryl methyl sites for hydroxylation is 1. The molecular formula is C25H24N4O4. The Labute approximate surface area is 191 Å². The van der Waals surface area contributed by atoms with E-state index in [-0.39, 0.29) is 23.2 Å². The van der Waals surface area contributed by atoms with Gasteiger partial charge in [0, 0.05) is 24.2 Å². The fraction of sp³-hybridized carbons (Fsp3) is 0.200. The zero-order valence-electron chi connectivity index (χ0n) is 18.1. The first-order valence-electron chi connectivity index (χ1n) is 10.7. The van der Waals surface area contributed by atoms with Crippen molar-refractivity contribution in [2.75, 3.05) is 10.6 Å². The van der Waals surface area contributed by atoms with Gasteiger partial charge in [-0.2, -0.15) is 0 Å². The molecule has 2 amide bonds. The largest absolute Gasteiger partial charge is 0.377 e. The van der Waals surface area contributed by atoms with Gasteiger partial charge in [-0.15, -0.1) is 0 Å². The van der Waals surface area contributed by atoms with Gasteiger partial charge in [0.05, 0.1) is 16.2 Å². The third-order valence-corrected chi connectivity index (χ3v) is 5.39.